The Kier molecular flexibility index (Phi) is 4.46. The fraction of sp³-hybridized carbons (Fsp3) is 0.300. The van der Waals surface area contributed by atoms with Crippen LogP contribution in [0.2, 0.25) is 0 Å². The van der Waals surface area contributed by atoms with Crippen LogP contribution in [0.3, 0.4) is 0 Å². The lowest BCUT2D eigenvalue weighted by molar-refractivity contribution is -0.119. The molecule has 0 unspecified atom stereocenters. The van der Waals surface area contributed by atoms with Crippen LogP contribution in [0.1, 0.15) is 6.92 Å². The van der Waals surface area contributed by atoms with Crippen LogP contribution in [0.25, 0.3) is 0 Å². The molecular formula is C10H13BrN2O. The standard InChI is InChI=1S/C10H13BrN2O/c1-2-12-10(14)7-13-9-6-4-3-5-8(9)11/h3-6,13H,2,7H2,1H3,(H,12,14). The molecule has 1 amide bonds. The molecule has 0 saturated carbocycles. The average Bonchev–Trinajstić information content (AvgIpc) is 2.17. The Bertz CT molecular complexity index is 315. The molecule has 0 radical (unpaired) electrons. The van der Waals surface area contributed by atoms with Crippen LogP contribution in [-0.4, -0.2) is 19.0 Å². The molecule has 1 aromatic rings. The summed E-state index contributed by atoms with van der Waals surface area (Å²) in [7, 11) is 0. The van der Waals surface area contributed by atoms with Crippen molar-refractivity contribution in [2.45, 2.75) is 6.92 Å². The number of rotatable bonds is 4. The second-order valence-electron chi connectivity index (χ2n) is 2.79. The molecule has 0 heterocycles. The third kappa shape index (κ3) is 3.38. The minimum Gasteiger partial charge on any atom is -0.375 e. The summed E-state index contributed by atoms with van der Waals surface area (Å²) in [6.07, 6.45) is 0. The van der Waals surface area contributed by atoms with Gasteiger partial charge >= 0.3 is 0 Å². The van der Waals surface area contributed by atoms with Gasteiger partial charge in [0.25, 0.3) is 0 Å². The first-order valence-electron chi connectivity index (χ1n) is 4.49. The topological polar surface area (TPSA) is 41.1 Å². The number of anilines is 1. The third-order valence-corrected chi connectivity index (χ3v) is 2.38. The van der Waals surface area contributed by atoms with E-state index in [1.807, 2.05) is 31.2 Å². The Morgan fingerprint density at radius 3 is 2.79 bits per heavy atom. The van der Waals surface area contributed by atoms with Crippen LogP contribution < -0.4 is 10.6 Å². The van der Waals surface area contributed by atoms with Gasteiger partial charge in [0, 0.05) is 16.7 Å². The van der Waals surface area contributed by atoms with Crippen LogP contribution in [0.5, 0.6) is 0 Å². The van der Waals surface area contributed by atoms with Crippen LogP contribution in [0.4, 0.5) is 5.69 Å². The van der Waals surface area contributed by atoms with Crippen molar-refractivity contribution >= 4 is 27.5 Å². The number of hydrogen-bond acceptors (Lipinski definition) is 2. The van der Waals surface area contributed by atoms with E-state index >= 15 is 0 Å². The highest BCUT2D eigenvalue weighted by molar-refractivity contribution is 9.10. The van der Waals surface area contributed by atoms with Crippen molar-refractivity contribution in [2.75, 3.05) is 18.4 Å². The van der Waals surface area contributed by atoms with Crippen molar-refractivity contribution in [3.63, 3.8) is 0 Å². The van der Waals surface area contributed by atoms with Crippen molar-refractivity contribution < 1.29 is 4.79 Å². The first-order valence-corrected chi connectivity index (χ1v) is 5.28. The normalized spacial score (nSPS) is 9.57. The lowest BCUT2D eigenvalue weighted by atomic mass is 10.3. The van der Waals surface area contributed by atoms with Crippen molar-refractivity contribution in [2.24, 2.45) is 0 Å². The first kappa shape index (κ1) is 11.0. The van der Waals surface area contributed by atoms with Gasteiger partial charge in [-0.3, -0.25) is 4.79 Å². The van der Waals surface area contributed by atoms with Crippen molar-refractivity contribution in [3.8, 4) is 0 Å². The van der Waals surface area contributed by atoms with E-state index in [0.29, 0.717) is 13.1 Å². The van der Waals surface area contributed by atoms with Gasteiger partial charge in [-0.05, 0) is 35.0 Å². The molecule has 0 aromatic heterocycles. The molecule has 4 heteroatoms. The van der Waals surface area contributed by atoms with Gasteiger partial charge in [-0.2, -0.15) is 0 Å². The van der Waals surface area contributed by atoms with Gasteiger partial charge in [0.1, 0.15) is 0 Å². The monoisotopic (exact) mass is 256 g/mol. The van der Waals surface area contributed by atoms with Gasteiger partial charge in [0.05, 0.1) is 6.54 Å². The molecule has 0 fully saturated rings. The zero-order chi connectivity index (χ0) is 10.4. The zero-order valence-electron chi connectivity index (χ0n) is 8.01. The summed E-state index contributed by atoms with van der Waals surface area (Å²) in [5.41, 5.74) is 0.929. The summed E-state index contributed by atoms with van der Waals surface area (Å²) in [6, 6.07) is 7.70. The summed E-state index contributed by atoms with van der Waals surface area (Å²) in [4.78, 5) is 11.1. The lowest BCUT2D eigenvalue weighted by Gasteiger charge is -2.07. The second kappa shape index (κ2) is 5.65. The fourth-order valence-corrected chi connectivity index (χ4v) is 1.46. The predicted molar refractivity (Wildman–Crippen MR) is 61.3 cm³/mol. The van der Waals surface area contributed by atoms with E-state index in [2.05, 4.69) is 26.6 Å². The average molecular weight is 257 g/mol. The Labute approximate surface area is 92.0 Å². The van der Waals surface area contributed by atoms with Crippen LogP contribution in [-0.2, 0) is 4.79 Å². The number of hydrogen-bond donors (Lipinski definition) is 2. The van der Waals surface area contributed by atoms with Gasteiger partial charge in [0.2, 0.25) is 5.91 Å². The fourth-order valence-electron chi connectivity index (χ4n) is 1.04. The highest BCUT2D eigenvalue weighted by Gasteiger charge is 2.00. The summed E-state index contributed by atoms with van der Waals surface area (Å²) in [5, 5.41) is 5.76. The summed E-state index contributed by atoms with van der Waals surface area (Å²) in [6.45, 7) is 2.86. The number of para-hydroxylation sites is 1. The Hall–Kier alpha value is -1.03. The molecule has 3 nitrogen and oxygen atoms in total. The van der Waals surface area contributed by atoms with E-state index in [1.165, 1.54) is 0 Å². The second-order valence-corrected chi connectivity index (χ2v) is 3.64. The van der Waals surface area contributed by atoms with Gasteiger partial charge in [-0.25, -0.2) is 0 Å². The molecule has 14 heavy (non-hydrogen) atoms. The number of nitrogens with one attached hydrogen (secondary N) is 2. The van der Waals surface area contributed by atoms with Gasteiger partial charge in [-0.1, -0.05) is 12.1 Å². The highest BCUT2D eigenvalue weighted by Crippen LogP contribution is 2.20. The van der Waals surface area contributed by atoms with E-state index in [-0.39, 0.29) is 5.91 Å². The van der Waals surface area contributed by atoms with E-state index in [4.69, 9.17) is 0 Å². The Morgan fingerprint density at radius 2 is 2.14 bits per heavy atom. The number of benzene rings is 1. The van der Waals surface area contributed by atoms with Crippen molar-refractivity contribution in [3.05, 3.63) is 28.7 Å². The number of halogens is 1. The van der Waals surface area contributed by atoms with Gasteiger partial charge in [0.15, 0.2) is 0 Å². The maximum absolute atomic E-state index is 11.1. The summed E-state index contributed by atoms with van der Waals surface area (Å²) >= 11 is 3.39. The van der Waals surface area contributed by atoms with Crippen molar-refractivity contribution in [1.82, 2.24) is 5.32 Å². The number of carbonyl (C=O) groups excluding carboxylic acids is 1. The molecule has 0 aliphatic heterocycles. The van der Waals surface area contributed by atoms with Crippen LogP contribution >= 0.6 is 15.9 Å². The van der Waals surface area contributed by atoms with Crippen molar-refractivity contribution in [1.29, 1.82) is 0 Å². The molecular weight excluding hydrogens is 244 g/mol. The molecule has 76 valence electrons. The van der Waals surface area contributed by atoms with E-state index in [9.17, 15) is 4.79 Å². The number of amides is 1. The molecule has 0 atom stereocenters. The summed E-state index contributed by atoms with van der Waals surface area (Å²) < 4.78 is 0.962. The minimum atomic E-state index is 0.00301. The quantitative estimate of drug-likeness (QED) is 0.866. The number of carbonyl (C=O) groups is 1. The van der Waals surface area contributed by atoms with E-state index in [0.717, 1.165) is 10.2 Å². The molecule has 1 rings (SSSR count). The van der Waals surface area contributed by atoms with Crippen LogP contribution in [0.15, 0.2) is 28.7 Å². The Balaban J connectivity index is 2.46. The number of likely N-dealkylation sites (N-methyl/N-ethyl adjacent to an activating group) is 1. The predicted octanol–water partition coefficient (Wildman–Crippen LogP) is 2.00. The van der Waals surface area contributed by atoms with E-state index in [1.54, 1.807) is 0 Å². The first-order chi connectivity index (χ1) is 6.74. The smallest absolute Gasteiger partial charge is 0.239 e. The molecule has 1 aromatic carbocycles. The van der Waals surface area contributed by atoms with E-state index < -0.39 is 0 Å². The maximum atomic E-state index is 11.1. The highest BCUT2D eigenvalue weighted by atomic mass is 79.9. The molecule has 0 aliphatic rings. The molecule has 0 saturated heterocycles. The van der Waals surface area contributed by atoms with Crippen LogP contribution in [0, 0.1) is 0 Å². The van der Waals surface area contributed by atoms with Gasteiger partial charge < -0.3 is 10.6 Å². The third-order valence-electron chi connectivity index (χ3n) is 1.69. The summed E-state index contributed by atoms with van der Waals surface area (Å²) in [5.74, 6) is 0.00301. The minimum absolute atomic E-state index is 0.00301. The maximum Gasteiger partial charge on any atom is 0.239 e. The molecule has 0 bridgehead atoms. The molecule has 0 spiro atoms. The largest absolute Gasteiger partial charge is 0.375 e. The zero-order valence-corrected chi connectivity index (χ0v) is 9.60. The SMILES string of the molecule is CCNC(=O)CNc1ccccc1Br. The Morgan fingerprint density at radius 1 is 1.43 bits per heavy atom. The lowest BCUT2D eigenvalue weighted by Crippen LogP contribution is -2.29. The molecule has 0 aliphatic carbocycles. The van der Waals surface area contributed by atoms with Gasteiger partial charge in [-0.15, -0.1) is 0 Å². The molecule has 2 N–H and O–H groups in total.